The third-order valence-corrected chi connectivity index (χ3v) is 6.60. The third kappa shape index (κ3) is 2.66. The number of hydrogen-bond donors (Lipinski definition) is 0. The Hall–Kier alpha value is -4.04. The molecule has 0 bridgehead atoms. The van der Waals surface area contributed by atoms with E-state index < -0.39 is 0 Å². The van der Waals surface area contributed by atoms with Crippen LogP contribution >= 0.6 is 0 Å². The van der Waals surface area contributed by atoms with Gasteiger partial charge in [-0.15, -0.1) is 0 Å². The molecule has 0 unspecified atom stereocenters. The number of fused-ring (bicyclic) bond motifs is 6. The summed E-state index contributed by atoms with van der Waals surface area (Å²) in [6.07, 6.45) is 0. The molecule has 0 amide bonds. The third-order valence-electron chi connectivity index (χ3n) is 6.60. The van der Waals surface area contributed by atoms with Gasteiger partial charge in [0.1, 0.15) is 0 Å². The van der Waals surface area contributed by atoms with Gasteiger partial charge in [0, 0.05) is 0 Å². The maximum atomic E-state index is 4.61. The Morgan fingerprint density at radius 1 is 0.438 bits per heavy atom. The van der Waals surface area contributed by atoms with Crippen LogP contribution in [0.4, 0.5) is 0 Å². The van der Waals surface area contributed by atoms with Gasteiger partial charge in [0.05, 0.1) is 0 Å². The van der Waals surface area contributed by atoms with Crippen LogP contribution < -0.4 is 0 Å². The molecule has 0 fully saturated rings. The van der Waals surface area contributed by atoms with E-state index in [0.29, 0.717) is 0 Å². The van der Waals surface area contributed by atoms with Crippen molar-refractivity contribution >= 4 is 60.9 Å². The van der Waals surface area contributed by atoms with Crippen LogP contribution in [0.25, 0.3) is 65.1 Å². The summed E-state index contributed by atoms with van der Waals surface area (Å²) in [5, 5.41) is 12.7. The van der Waals surface area contributed by atoms with Crippen molar-refractivity contribution in [1.82, 2.24) is 4.89 Å². The standard InChI is InChI=1S/C30H18BN/c1-2-6-20-14-25-17-27-23(16-24(25)13-19(20)5-1)11-10-22-15-21-7-3-8-26(28(21)18-29(22)27)30-9-4-12-31-32-30/h1-18H. The quantitative estimate of drug-likeness (QED) is 0.201. The first-order valence-electron chi connectivity index (χ1n) is 11.0. The molecule has 2 heteroatoms. The van der Waals surface area contributed by atoms with Gasteiger partial charge in [-0.3, -0.25) is 0 Å². The fraction of sp³-hybridized carbons (Fsp3) is 0. The summed E-state index contributed by atoms with van der Waals surface area (Å²) < 4.78 is 0. The van der Waals surface area contributed by atoms with Crippen LogP contribution in [0, 0.1) is 0 Å². The van der Waals surface area contributed by atoms with Crippen molar-refractivity contribution in [3.8, 4) is 11.3 Å². The normalized spacial score (nSPS) is 11.6. The minimum atomic E-state index is 1.01. The molecule has 0 spiro atoms. The van der Waals surface area contributed by atoms with Crippen LogP contribution in [0.15, 0.2) is 109 Å². The van der Waals surface area contributed by atoms with E-state index >= 15 is 0 Å². The number of benzene rings is 6. The first kappa shape index (κ1) is 17.6. The van der Waals surface area contributed by atoms with Gasteiger partial charge in [0.25, 0.3) is 0 Å². The van der Waals surface area contributed by atoms with E-state index in [4.69, 9.17) is 0 Å². The molecule has 7 aromatic rings. The van der Waals surface area contributed by atoms with E-state index in [0.717, 1.165) is 5.69 Å². The predicted octanol–water partition coefficient (Wildman–Crippen LogP) is 7.85. The molecular weight excluding hydrogens is 385 g/mol. The van der Waals surface area contributed by atoms with Crippen LogP contribution in [0.1, 0.15) is 0 Å². The molecule has 0 saturated carbocycles. The van der Waals surface area contributed by atoms with Crippen LogP contribution in [0.2, 0.25) is 0 Å². The average Bonchev–Trinajstić information content (AvgIpc) is 2.85. The SMILES string of the molecule is b1cccc(-c2cccc3cc4ccc5cc6cc7ccccc7cc6cc5c4cc23)n1. The molecule has 0 aliphatic carbocycles. The van der Waals surface area contributed by atoms with Gasteiger partial charge < -0.3 is 0 Å². The number of nitrogens with zero attached hydrogens (tertiary/aromatic N) is 1. The van der Waals surface area contributed by atoms with Crippen LogP contribution in [-0.4, -0.2) is 11.9 Å². The second-order valence-corrected chi connectivity index (χ2v) is 8.50. The van der Waals surface area contributed by atoms with Gasteiger partial charge in [-0.2, -0.15) is 0 Å². The topological polar surface area (TPSA) is 12.9 Å². The fourth-order valence-electron chi connectivity index (χ4n) is 5.02. The Labute approximate surface area is 186 Å². The van der Waals surface area contributed by atoms with Crippen molar-refractivity contribution in [2.24, 2.45) is 0 Å². The Morgan fingerprint density at radius 3 is 1.81 bits per heavy atom. The molecule has 0 saturated heterocycles. The summed E-state index contributed by atoms with van der Waals surface area (Å²) >= 11 is 0. The monoisotopic (exact) mass is 403 g/mol. The number of aromatic nitrogens is 1. The van der Waals surface area contributed by atoms with E-state index in [1.54, 1.807) is 0 Å². The van der Waals surface area contributed by atoms with E-state index in [-0.39, 0.29) is 0 Å². The zero-order valence-electron chi connectivity index (χ0n) is 17.4. The molecule has 1 nitrogen and oxygen atoms in total. The van der Waals surface area contributed by atoms with Gasteiger partial charge in [-0.1, -0.05) is 18.2 Å². The Bertz CT molecular complexity index is 1820. The first-order chi connectivity index (χ1) is 15.8. The summed E-state index contributed by atoms with van der Waals surface area (Å²) in [4.78, 5) is 4.61. The van der Waals surface area contributed by atoms with Crippen LogP contribution in [-0.2, 0) is 0 Å². The van der Waals surface area contributed by atoms with Crippen molar-refractivity contribution in [1.29, 1.82) is 0 Å². The van der Waals surface area contributed by atoms with E-state index in [9.17, 15) is 0 Å². The molecule has 0 atom stereocenters. The molecule has 0 aliphatic rings. The Balaban J connectivity index is 1.58. The minimum absolute atomic E-state index is 1.01. The van der Waals surface area contributed by atoms with Gasteiger partial charge in [0.15, 0.2) is 0 Å². The van der Waals surface area contributed by atoms with E-state index in [2.05, 4.69) is 102 Å². The van der Waals surface area contributed by atoms with Gasteiger partial charge in [0.2, 0.25) is 0 Å². The molecule has 0 N–H and O–H groups in total. The number of rotatable bonds is 1. The van der Waals surface area contributed by atoms with Gasteiger partial charge in [-0.05, 0) is 0 Å². The van der Waals surface area contributed by atoms with Crippen LogP contribution in [0.5, 0.6) is 0 Å². The molecule has 0 radical (unpaired) electrons. The predicted molar refractivity (Wildman–Crippen MR) is 139 cm³/mol. The summed E-state index contributed by atoms with van der Waals surface area (Å²) in [6, 6.07) is 37.6. The summed E-state index contributed by atoms with van der Waals surface area (Å²) in [5.74, 6) is 1.96. The fourth-order valence-corrected chi connectivity index (χ4v) is 5.02. The van der Waals surface area contributed by atoms with E-state index in [1.165, 1.54) is 59.4 Å². The first-order valence-corrected chi connectivity index (χ1v) is 11.0. The molecule has 0 aliphatic heterocycles. The maximum absolute atomic E-state index is 4.61. The second-order valence-electron chi connectivity index (χ2n) is 8.50. The van der Waals surface area contributed by atoms with Crippen molar-refractivity contribution < 1.29 is 0 Å². The molecule has 146 valence electrons. The molecule has 1 aromatic heterocycles. The number of hydrogen-bond acceptors (Lipinski definition) is 1. The van der Waals surface area contributed by atoms with Crippen molar-refractivity contribution in [3.05, 3.63) is 109 Å². The summed E-state index contributed by atoms with van der Waals surface area (Å²) in [7, 11) is 1.86. The van der Waals surface area contributed by atoms with Crippen LogP contribution in [0.3, 0.4) is 0 Å². The summed E-state index contributed by atoms with van der Waals surface area (Å²) in [5.41, 5.74) is 2.18. The molecule has 32 heavy (non-hydrogen) atoms. The Morgan fingerprint density at radius 2 is 1.06 bits per heavy atom. The van der Waals surface area contributed by atoms with Crippen molar-refractivity contribution in [2.75, 3.05) is 0 Å². The Kier molecular flexibility index (Phi) is 3.71. The zero-order valence-corrected chi connectivity index (χ0v) is 17.4. The molecule has 1 heterocycles. The van der Waals surface area contributed by atoms with Gasteiger partial charge in [-0.25, -0.2) is 0 Å². The van der Waals surface area contributed by atoms with Crippen molar-refractivity contribution in [3.63, 3.8) is 0 Å². The molecule has 6 aromatic carbocycles. The van der Waals surface area contributed by atoms with Gasteiger partial charge >= 0.3 is 168 Å². The zero-order chi connectivity index (χ0) is 21.1. The second kappa shape index (κ2) is 6.73. The average molecular weight is 403 g/mol. The van der Waals surface area contributed by atoms with E-state index in [1.807, 2.05) is 19.1 Å². The molecular formula is C30H18BN. The van der Waals surface area contributed by atoms with Crippen molar-refractivity contribution in [2.45, 2.75) is 0 Å². The summed E-state index contributed by atoms with van der Waals surface area (Å²) in [6.45, 7) is 0. The molecule has 7 rings (SSSR count).